The molecule has 18 heavy (non-hydrogen) atoms. The van der Waals surface area contributed by atoms with Crippen LogP contribution in [0.5, 0.6) is 0 Å². The van der Waals surface area contributed by atoms with Crippen molar-refractivity contribution >= 4 is 0 Å². The van der Waals surface area contributed by atoms with Gasteiger partial charge in [0, 0.05) is 24.0 Å². The first-order valence-electron chi connectivity index (χ1n) is 5.78. The van der Waals surface area contributed by atoms with Crippen molar-refractivity contribution in [3.8, 4) is 11.4 Å². The average Bonchev–Trinajstić information content (AvgIpc) is 3.00. The molecular formula is C12H14N4O2. The molecule has 0 amide bonds. The first kappa shape index (κ1) is 11.3. The molecule has 1 aliphatic rings. The minimum Gasteiger partial charge on any atom is -0.379 e. The maximum atomic E-state index is 6.03. The summed E-state index contributed by atoms with van der Waals surface area (Å²) < 4.78 is 10.7. The van der Waals surface area contributed by atoms with Gasteiger partial charge in [-0.1, -0.05) is 5.16 Å². The predicted octanol–water partition coefficient (Wildman–Crippen LogP) is 0.747. The van der Waals surface area contributed by atoms with Gasteiger partial charge in [-0.25, -0.2) is 0 Å². The number of nitrogens with two attached hydrogens (primary N) is 1. The molecule has 1 aliphatic heterocycles. The normalized spacial score (nSPS) is 27.6. The minimum absolute atomic E-state index is 0.122. The van der Waals surface area contributed by atoms with E-state index in [-0.39, 0.29) is 6.04 Å². The van der Waals surface area contributed by atoms with E-state index in [4.69, 9.17) is 15.0 Å². The molecular weight excluding hydrogens is 232 g/mol. The number of rotatable bonds is 2. The van der Waals surface area contributed by atoms with Gasteiger partial charge in [-0.15, -0.1) is 0 Å². The monoisotopic (exact) mass is 246 g/mol. The summed E-state index contributed by atoms with van der Waals surface area (Å²) >= 11 is 0. The van der Waals surface area contributed by atoms with Crippen LogP contribution in [0.15, 0.2) is 29.0 Å². The molecule has 1 saturated heterocycles. The van der Waals surface area contributed by atoms with Crippen molar-refractivity contribution in [1.29, 1.82) is 0 Å². The number of pyridine rings is 1. The molecule has 0 aliphatic carbocycles. The van der Waals surface area contributed by atoms with Gasteiger partial charge in [0.05, 0.1) is 18.6 Å². The smallest absolute Gasteiger partial charge is 0.236 e. The van der Waals surface area contributed by atoms with Crippen LogP contribution in [0.3, 0.4) is 0 Å². The minimum atomic E-state index is -0.404. The third kappa shape index (κ3) is 1.70. The van der Waals surface area contributed by atoms with Gasteiger partial charge in [0.15, 0.2) is 0 Å². The van der Waals surface area contributed by atoms with Crippen LogP contribution in [0.1, 0.15) is 12.8 Å². The van der Waals surface area contributed by atoms with Crippen LogP contribution in [0, 0.1) is 0 Å². The number of nitrogens with zero attached hydrogens (tertiary/aromatic N) is 3. The fourth-order valence-corrected chi connectivity index (χ4v) is 1.98. The Morgan fingerprint density at radius 2 is 2.17 bits per heavy atom. The van der Waals surface area contributed by atoms with Crippen molar-refractivity contribution in [2.75, 3.05) is 13.2 Å². The van der Waals surface area contributed by atoms with Crippen LogP contribution in [0.2, 0.25) is 0 Å². The quantitative estimate of drug-likeness (QED) is 0.841. The molecule has 0 radical (unpaired) electrons. The Balaban J connectivity index is 1.95. The van der Waals surface area contributed by atoms with E-state index in [1.165, 1.54) is 0 Å². The van der Waals surface area contributed by atoms with E-state index in [1.807, 2.05) is 19.1 Å². The van der Waals surface area contributed by atoms with Crippen molar-refractivity contribution in [2.24, 2.45) is 5.73 Å². The molecule has 2 aromatic heterocycles. The third-order valence-electron chi connectivity index (χ3n) is 3.37. The number of ether oxygens (including phenoxy) is 1. The molecule has 94 valence electrons. The van der Waals surface area contributed by atoms with Gasteiger partial charge in [0.2, 0.25) is 11.7 Å². The lowest BCUT2D eigenvalue weighted by molar-refractivity contribution is 0.169. The molecule has 0 aromatic carbocycles. The fourth-order valence-electron chi connectivity index (χ4n) is 1.98. The number of hydrogen-bond donors (Lipinski definition) is 1. The molecule has 2 unspecified atom stereocenters. The molecule has 6 nitrogen and oxygen atoms in total. The molecule has 2 atom stereocenters. The first-order chi connectivity index (χ1) is 8.70. The predicted molar refractivity (Wildman–Crippen MR) is 63.7 cm³/mol. The third-order valence-corrected chi connectivity index (χ3v) is 3.37. The molecule has 3 heterocycles. The van der Waals surface area contributed by atoms with E-state index < -0.39 is 5.41 Å². The van der Waals surface area contributed by atoms with Crippen LogP contribution in [0.25, 0.3) is 11.4 Å². The van der Waals surface area contributed by atoms with Gasteiger partial charge < -0.3 is 15.0 Å². The van der Waals surface area contributed by atoms with Crippen LogP contribution >= 0.6 is 0 Å². The lowest BCUT2D eigenvalue weighted by Gasteiger charge is -2.21. The van der Waals surface area contributed by atoms with E-state index >= 15 is 0 Å². The van der Waals surface area contributed by atoms with Crippen LogP contribution < -0.4 is 5.73 Å². The lowest BCUT2D eigenvalue weighted by Crippen LogP contribution is -2.42. The fraction of sp³-hybridized carbons (Fsp3) is 0.417. The highest BCUT2D eigenvalue weighted by Gasteiger charge is 2.44. The summed E-state index contributed by atoms with van der Waals surface area (Å²) in [6.45, 7) is 3.00. The summed E-state index contributed by atoms with van der Waals surface area (Å²) in [4.78, 5) is 8.37. The van der Waals surface area contributed by atoms with Gasteiger partial charge in [-0.2, -0.15) is 4.98 Å². The summed E-state index contributed by atoms with van der Waals surface area (Å²) in [5, 5.41) is 3.99. The van der Waals surface area contributed by atoms with Gasteiger partial charge >= 0.3 is 0 Å². The topological polar surface area (TPSA) is 87.1 Å². The Morgan fingerprint density at radius 3 is 2.83 bits per heavy atom. The highest BCUT2D eigenvalue weighted by atomic mass is 16.5. The number of hydrogen-bond acceptors (Lipinski definition) is 6. The van der Waals surface area contributed by atoms with Crippen LogP contribution in [-0.2, 0) is 10.2 Å². The molecule has 3 rings (SSSR count). The van der Waals surface area contributed by atoms with Crippen molar-refractivity contribution in [3.63, 3.8) is 0 Å². The summed E-state index contributed by atoms with van der Waals surface area (Å²) in [5.74, 6) is 1.08. The second kappa shape index (κ2) is 4.15. The van der Waals surface area contributed by atoms with Gasteiger partial charge in [-0.05, 0) is 19.1 Å². The zero-order chi connectivity index (χ0) is 12.6. The Bertz CT molecular complexity index is 542. The maximum Gasteiger partial charge on any atom is 0.236 e. The number of aromatic nitrogens is 3. The van der Waals surface area contributed by atoms with Crippen molar-refractivity contribution < 1.29 is 9.26 Å². The Morgan fingerprint density at radius 1 is 1.39 bits per heavy atom. The summed E-state index contributed by atoms with van der Waals surface area (Å²) in [6, 6.07) is 3.55. The van der Waals surface area contributed by atoms with Gasteiger partial charge in [-0.3, -0.25) is 4.98 Å². The van der Waals surface area contributed by atoms with E-state index in [1.54, 1.807) is 12.4 Å². The molecule has 1 fully saturated rings. The average molecular weight is 246 g/mol. The highest BCUT2D eigenvalue weighted by molar-refractivity contribution is 5.52. The SMILES string of the molecule is CC1(c2nc(-c3ccncc3)no2)COCC1N. The second-order valence-corrected chi connectivity index (χ2v) is 4.70. The summed E-state index contributed by atoms with van der Waals surface area (Å²) in [5.41, 5.74) is 6.50. The summed E-state index contributed by atoms with van der Waals surface area (Å²) in [7, 11) is 0. The lowest BCUT2D eigenvalue weighted by atomic mass is 9.86. The highest BCUT2D eigenvalue weighted by Crippen LogP contribution is 2.31. The van der Waals surface area contributed by atoms with Crippen LogP contribution in [0.4, 0.5) is 0 Å². The van der Waals surface area contributed by atoms with Crippen molar-refractivity contribution in [3.05, 3.63) is 30.4 Å². The maximum absolute atomic E-state index is 6.03. The second-order valence-electron chi connectivity index (χ2n) is 4.70. The van der Waals surface area contributed by atoms with Gasteiger partial charge in [0.25, 0.3) is 0 Å². The van der Waals surface area contributed by atoms with E-state index in [0.717, 1.165) is 5.56 Å². The zero-order valence-electron chi connectivity index (χ0n) is 10.0. The Kier molecular flexibility index (Phi) is 2.61. The zero-order valence-corrected chi connectivity index (χ0v) is 10.0. The Labute approximate surface area is 104 Å². The largest absolute Gasteiger partial charge is 0.379 e. The molecule has 0 spiro atoms. The standard InChI is InChI=1S/C12H14N4O2/c1-12(7-17-6-9(12)13)11-15-10(16-18-11)8-2-4-14-5-3-8/h2-5,9H,6-7,13H2,1H3. The molecule has 6 heteroatoms. The van der Waals surface area contributed by atoms with Crippen molar-refractivity contribution in [1.82, 2.24) is 15.1 Å². The van der Waals surface area contributed by atoms with Crippen LogP contribution in [-0.4, -0.2) is 34.4 Å². The Hall–Kier alpha value is -1.79. The van der Waals surface area contributed by atoms with E-state index in [2.05, 4.69) is 15.1 Å². The van der Waals surface area contributed by atoms with E-state index in [0.29, 0.717) is 24.9 Å². The van der Waals surface area contributed by atoms with Gasteiger partial charge in [0.1, 0.15) is 0 Å². The first-order valence-corrected chi connectivity index (χ1v) is 5.78. The molecule has 0 saturated carbocycles. The molecule has 2 N–H and O–H groups in total. The van der Waals surface area contributed by atoms with E-state index in [9.17, 15) is 0 Å². The molecule has 2 aromatic rings. The molecule has 0 bridgehead atoms. The van der Waals surface area contributed by atoms with Crippen molar-refractivity contribution in [2.45, 2.75) is 18.4 Å². The summed E-state index contributed by atoms with van der Waals surface area (Å²) in [6.07, 6.45) is 3.38.